The molecule has 1 N–H and O–H groups in total. The quantitative estimate of drug-likeness (QED) is 0.724. The van der Waals surface area contributed by atoms with Gasteiger partial charge in [0.25, 0.3) is 5.91 Å². The molecule has 27 heavy (non-hydrogen) atoms. The summed E-state index contributed by atoms with van der Waals surface area (Å²) in [6.07, 6.45) is -1.00. The smallest absolute Gasteiger partial charge is 0.344 e. The lowest BCUT2D eigenvalue weighted by molar-refractivity contribution is -0.155. The number of rotatable bonds is 7. The summed E-state index contributed by atoms with van der Waals surface area (Å²) in [7, 11) is 1.51. The van der Waals surface area contributed by atoms with E-state index in [0.717, 1.165) is 11.1 Å². The van der Waals surface area contributed by atoms with Crippen molar-refractivity contribution >= 4 is 29.2 Å². The highest BCUT2D eigenvalue weighted by molar-refractivity contribution is 6.32. The van der Waals surface area contributed by atoms with Crippen LogP contribution in [0.4, 0.5) is 5.69 Å². The molecule has 1 amide bonds. The van der Waals surface area contributed by atoms with Crippen molar-refractivity contribution in [3.63, 3.8) is 0 Å². The van der Waals surface area contributed by atoms with Crippen LogP contribution < -0.4 is 14.8 Å². The molecule has 0 aliphatic rings. The zero-order chi connectivity index (χ0) is 20.0. The number of halogens is 1. The highest BCUT2D eigenvalue weighted by Crippen LogP contribution is 2.26. The molecule has 0 aliphatic heterocycles. The molecule has 2 aromatic carbocycles. The normalized spacial score (nSPS) is 11.4. The van der Waals surface area contributed by atoms with Gasteiger partial charge in [-0.2, -0.15) is 0 Å². The molecule has 6 nitrogen and oxygen atoms in total. The van der Waals surface area contributed by atoms with E-state index in [1.54, 1.807) is 24.3 Å². The Balaban J connectivity index is 1.91. The van der Waals surface area contributed by atoms with Gasteiger partial charge in [0.1, 0.15) is 11.5 Å². The van der Waals surface area contributed by atoms with E-state index in [1.165, 1.54) is 14.0 Å². The number of anilines is 1. The lowest BCUT2D eigenvalue weighted by atomic mass is 10.2. The van der Waals surface area contributed by atoms with Crippen LogP contribution in [0.25, 0.3) is 0 Å². The van der Waals surface area contributed by atoms with Crippen molar-refractivity contribution in [2.75, 3.05) is 19.0 Å². The average Bonchev–Trinajstić information content (AvgIpc) is 2.62. The van der Waals surface area contributed by atoms with Gasteiger partial charge in [0.05, 0.1) is 17.8 Å². The summed E-state index contributed by atoms with van der Waals surface area (Å²) >= 11 is 6.01. The Morgan fingerprint density at radius 2 is 1.74 bits per heavy atom. The van der Waals surface area contributed by atoms with Crippen LogP contribution in [0.3, 0.4) is 0 Å². The predicted octanol–water partition coefficient (Wildman–Crippen LogP) is 3.91. The number of methoxy groups -OCH3 is 1. The van der Waals surface area contributed by atoms with Gasteiger partial charge < -0.3 is 19.5 Å². The topological polar surface area (TPSA) is 73.9 Å². The van der Waals surface area contributed by atoms with Gasteiger partial charge in [0.15, 0.2) is 12.7 Å². The fourth-order valence-electron chi connectivity index (χ4n) is 2.30. The standard InChI is InChI=1S/C20H22ClNO5/c1-12-6-8-17(25-4)16(9-12)22-20(24)14(3)27-19(23)11-26-18-10-13(2)5-7-15(18)21/h5-10,14H,11H2,1-4H3,(H,22,24)/t14-/m1/s1. The summed E-state index contributed by atoms with van der Waals surface area (Å²) in [5.41, 5.74) is 2.41. The summed E-state index contributed by atoms with van der Waals surface area (Å²) in [4.78, 5) is 24.3. The van der Waals surface area contributed by atoms with Crippen molar-refractivity contribution in [3.05, 3.63) is 52.5 Å². The zero-order valence-corrected chi connectivity index (χ0v) is 16.4. The maximum Gasteiger partial charge on any atom is 0.344 e. The van der Waals surface area contributed by atoms with E-state index >= 15 is 0 Å². The number of carbonyl (C=O) groups is 2. The molecule has 0 radical (unpaired) electrons. The molecule has 0 spiro atoms. The third-order valence-electron chi connectivity index (χ3n) is 3.72. The molecule has 0 fully saturated rings. The minimum Gasteiger partial charge on any atom is -0.495 e. The van der Waals surface area contributed by atoms with Gasteiger partial charge in [-0.1, -0.05) is 23.7 Å². The second-order valence-corrected chi connectivity index (χ2v) is 6.45. The Morgan fingerprint density at radius 3 is 2.44 bits per heavy atom. The van der Waals surface area contributed by atoms with E-state index in [9.17, 15) is 9.59 Å². The van der Waals surface area contributed by atoms with Crippen molar-refractivity contribution in [1.29, 1.82) is 0 Å². The molecule has 144 valence electrons. The largest absolute Gasteiger partial charge is 0.495 e. The van der Waals surface area contributed by atoms with Crippen LogP contribution in [0.1, 0.15) is 18.1 Å². The number of nitrogens with one attached hydrogen (secondary N) is 1. The summed E-state index contributed by atoms with van der Waals surface area (Å²) in [5, 5.41) is 3.09. The number of carbonyl (C=O) groups excluding carboxylic acids is 2. The Labute approximate surface area is 163 Å². The van der Waals surface area contributed by atoms with Crippen molar-refractivity contribution in [3.8, 4) is 11.5 Å². The predicted molar refractivity (Wildman–Crippen MR) is 104 cm³/mol. The SMILES string of the molecule is COc1ccc(C)cc1NC(=O)[C@@H](C)OC(=O)COc1cc(C)ccc1Cl. The van der Waals surface area contributed by atoms with Gasteiger partial charge in [0.2, 0.25) is 0 Å². The minimum atomic E-state index is -1.00. The first kappa shape index (κ1) is 20.6. The summed E-state index contributed by atoms with van der Waals surface area (Å²) in [6.45, 7) is 4.91. The number of ether oxygens (including phenoxy) is 3. The third kappa shape index (κ3) is 5.89. The number of hydrogen-bond donors (Lipinski definition) is 1. The van der Waals surface area contributed by atoms with Gasteiger partial charge in [-0.05, 0) is 56.2 Å². The first-order valence-corrected chi connectivity index (χ1v) is 8.72. The second kappa shape index (κ2) is 9.28. The van der Waals surface area contributed by atoms with Crippen LogP contribution in [-0.4, -0.2) is 31.7 Å². The molecule has 2 aromatic rings. The first-order valence-electron chi connectivity index (χ1n) is 8.34. The van der Waals surface area contributed by atoms with Crippen molar-refractivity contribution in [2.24, 2.45) is 0 Å². The number of hydrogen-bond acceptors (Lipinski definition) is 5. The van der Waals surface area contributed by atoms with Gasteiger partial charge in [-0.3, -0.25) is 4.79 Å². The molecule has 0 aliphatic carbocycles. The summed E-state index contributed by atoms with van der Waals surface area (Å²) in [6, 6.07) is 10.6. The second-order valence-electron chi connectivity index (χ2n) is 6.05. The maximum atomic E-state index is 12.3. The highest BCUT2D eigenvalue weighted by Gasteiger charge is 2.20. The van der Waals surface area contributed by atoms with E-state index in [1.807, 2.05) is 26.0 Å². The minimum absolute atomic E-state index is 0.353. The van der Waals surface area contributed by atoms with Crippen LogP contribution in [0, 0.1) is 13.8 Å². The molecular formula is C20H22ClNO5. The fraction of sp³-hybridized carbons (Fsp3) is 0.300. The summed E-state index contributed by atoms with van der Waals surface area (Å²) < 4.78 is 15.7. The van der Waals surface area contributed by atoms with Crippen LogP contribution in [0.2, 0.25) is 5.02 Å². The van der Waals surface area contributed by atoms with Crippen molar-refractivity contribution in [1.82, 2.24) is 0 Å². The molecule has 0 saturated heterocycles. The molecule has 0 bridgehead atoms. The van der Waals surface area contributed by atoms with Crippen molar-refractivity contribution < 1.29 is 23.8 Å². The highest BCUT2D eigenvalue weighted by atomic mass is 35.5. The molecule has 0 unspecified atom stereocenters. The number of amides is 1. The summed E-state index contributed by atoms with van der Waals surface area (Å²) in [5.74, 6) is -0.243. The monoisotopic (exact) mass is 391 g/mol. The van der Waals surface area contributed by atoms with Crippen LogP contribution in [0.5, 0.6) is 11.5 Å². The third-order valence-corrected chi connectivity index (χ3v) is 4.03. The molecule has 2 rings (SSSR count). The molecular weight excluding hydrogens is 370 g/mol. The molecule has 7 heteroatoms. The van der Waals surface area contributed by atoms with Gasteiger partial charge in [-0.15, -0.1) is 0 Å². The zero-order valence-electron chi connectivity index (χ0n) is 15.7. The lowest BCUT2D eigenvalue weighted by Gasteiger charge is -2.16. The lowest BCUT2D eigenvalue weighted by Crippen LogP contribution is -2.31. The van der Waals surface area contributed by atoms with Crippen LogP contribution in [0.15, 0.2) is 36.4 Å². The number of aryl methyl sites for hydroxylation is 2. The van der Waals surface area contributed by atoms with E-state index in [0.29, 0.717) is 22.2 Å². The number of esters is 1. The van der Waals surface area contributed by atoms with Gasteiger partial charge in [0, 0.05) is 0 Å². The van der Waals surface area contributed by atoms with Crippen LogP contribution >= 0.6 is 11.6 Å². The molecule has 0 aromatic heterocycles. The molecule has 0 heterocycles. The van der Waals surface area contributed by atoms with Crippen LogP contribution in [-0.2, 0) is 14.3 Å². The first-order chi connectivity index (χ1) is 12.8. The average molecular weight is 392 g/mol. The van der Waals surface area contributed by atoms with Gasteiger partial charge in [-0.25, -0.2) is 4.79 Å². The van der Waals surface area contributed by atoms with E-state index < -0.39 is 18.0 Å². The maximum absolute atomic E-state index is 12.3. The Kier molecular flexibility index (Phi) is 7.07. The molecule has 1 atom stereocenters. The van der Waals surface area contributed by atoms with E-state index in [-0.39, 0.29) is 6.61 Å². The van der Waals surface area contributed by atoms with E-state index in [2.05, 4.69) is 5.32 Å². The van der Waals surface area contributed by atoms with Gasteiger partial charge >= 0.3 is 5.97 Å². The van der Waals surface area contributed by atoms with E-state index in [4.69, 9.17) is 25.8 Å². The molecule has 0 saturated carbocycles. The van der Waals surface area contributed by atoms with Crippen molar-refractivity contribution in [2.45, 2.75) is 26.9 Å². The Bertz CT molecular complexity index is 837. The Hall–Kier alpha value is -2.73. The Morgan fingerprint density at radius 1 is 1.07 bits per heavy atom. The number of benzene rings is 2. The fourth-order valence-corrected chi connectivity index (χ4v) is 2.47.